The van der Waals surface area contributed by atoms with Crippen LogP contribution in [0.1, 0.15) is 49.3 Å². The summed E-state index contributed by atoms with van der Waals surface area (Å²) in [4.78, 5) is 25.9. The van der Waals surface area contributed by atoms with E-state index in [1.54, 1.807) is 41.8 Å². The van der Waals surface area contributed by atoms with E-state index in [4.69, 9.17) is 14.9 Å². The SMILES string of the molecule is Cc1cc2ccc(OCc3ccccc3F)cn2c1C(=O)NC(C)(CO[Si](C)(C)C(C)(C)C)C(N)=O. The number of pyridine rings is 1. The molecule has 1 unspecified atom stereocenters. The first-order chi connectivity index (χ1) is 16.6. The van der Waals surface area contributed by atoms with Crippen molar-refractivity contribution in [1.82, 2.24) is 9.72 Å². The van der Waals surface area contributed by atoms with Crippen LogP contribution in [-0.2, 0) is 15.8 Å². The van der Waals surface area contributed by atoms with Gasteiger partial charge in [-0.1, -0.05) is 39.0 Å². The van der Waals surface area contributed by atoms with Gasteiger partial charge in [0.1, 0.15) is 29.4 Å². The van der Waals surface area contributed by atoms with Gasteiger partial charge in [0.15, 0.2) is 8.32 Å². The summed E-state index contributed by atoms with van der Waals surface area (Å²) in [5.74, 6) is -1.02. The van der Waals surface area contributed by atoms with Crippen LogP contribution in [0.3, 0.4) is 0 Å². The molecular weight excluding hydrogens is 477 g/mol. The molecule has 0 fully saturated rings. The zero-order chi connectivity index (χ0) is 26.9. The molecule has 36 heavy (non-hydrogen) atoms. The fourth-order valence-corrected chi connectivity index (χ4v) is 4.54. The Balaban J connectivity index is 1.85. The van der Waals surface area contributed by atoms with Crippen LogP contribution in [0.5, 0.6) is 5.75 Å². The van der Waals surface area contributed by atoms with Gasteiger partial charge in [0, 0.05) is 11.1 Å². The molecule has 0 aliphatic heterocycles. The first-order valence-corrected chi connectivity index (χ1v) is 14.8. The molecule has 0 saturated heterocycles. The molecule has 3 aromatic rings. The Morgan fingerprint density at radius 2 is 1.78 bits per heavy atom. The third-order valence-corrected chi connectivity index (χ3v) is 11.4. The minimum Gasteiger partial charge on any atom is -0.487 e. The molecule has 0 bridgehead atoms. The largest absolute Gasteiger partial charge is 0.487 e. The molecule has 7 nitrogen and oxygen atoms in total. The van der Waals surface area contributed by atoms with Crippen molar-refractivity contribution in [2.75, 3.05) is 6.61 Å². The van der Waals surface area contributed by atoms with Crippen LogP contribution < -0.4 is 15.8 Å². The number of benzene rings is 1. The van der Waals surface area contributed by atoms with Crippen LogP contribution in [0.4, 0.5) is 4.39 Å². The Morgan fingerprint density at radius 1 is 1.11 bits per heavy atom. The number of fused-ring (bicyclic) bond motifs is 1. The van der Waals surface area contributed by atoms with E-state index in [1.807, 2.05) is 19.1 Å². The summed E-state index contributed by atoms with van der Waals surface area (Å²) >= 11 is 0. The first kappa shape index (κ1) is 27.4. The minimum absolute atomic E-state index is 0.0239. The van der Waals surface area contributed by atoms with E-state index < -0.39 is 25.7 Å². The predicted octanol–water partition coefficient (Wildman–Crippen LogP) is 4.96. The third-order valence-electron chi connectivity index (χ3n) is 6.96. The van der Waals surface area contributed by atoms with Gasteiger partial charge in [-0.3, -0.25) is 9.59 Å². The molecular formula is C27H36FN3O4Si. The Hall–Kier alpha value is -3.17. The van der Waals surface area contributed by atoms with E-state index in [2.05, 4.69) is 39.2 Å². The summed E-state index contributed by atoms with van der Waals surface area (Å²) in [6.45, 7) is 13.9. The standard InChI is InChI=1S/C27H36FN3O4Si/c1-18-14-20-12-13-21(34-16-19-10-8-9-11-22(19)28)15-31(20)23(18)24(32)30-27(5,25(29)33)17-35-36(6,7)26(2,3)4/h8-15H,16-17H2,1-7H3,(H2,29,33)(H,30,32). The highest BCUT2D eigenvalue weighted by atomic mass is 28.4. The molecule has 0 radical (unpaired) electrons. The number of rotatable bonds is 9. The molecule has 0 aliphatic rings. The van der Waals surface area contributed by atoms with E-state index >= 15 is 0 Å². The number of nitrogens with one attached hydrogen (secondary N) is 1. The van der Waals surface area contributed by atoms with Crippen LogP contribution in [0.15, 0.2) is 48.7 Å². The zero-order valence-electron chi connectivity index (χ0n) is 22.1. The summed E-state index contributed by atoms with van der Waals surface area (Å²) in [7, 11) is -2.19. The van der Waals surface area contributed by atoms with Crippen molar-refractivity contribution in [3.63, 3.8) is 0 Å². The van der Waals surface area contributed by atoms with Crippen molar-refractivity contribution < 1.29 is 23.1 Å². The monoisotopic (exact) mass is 513 g/mol. The van der Waals surface area contributed by atoms with E-state index in [0.717, 1.165) is 11.1 Å². The maximum atomic E-state index is 14.0. The number of nitrogens with two attached hydrogens (primary N) is 1. The number of primary amides is 1. The van der Waals surface area contributed by atoms with Gasteiger partial charge in [0.25, 0.3) is 5.91 Å². The van der Waals surface area contributed by atoms with Crippen molar-refractivity contribution in [1.29, 1.82) is 0 Å². The highest BCUT2D eigenvalue weighted by molar-refractivity contribution is 6.74. The van der Waals surface area contributed by atoms with E-state index in [0.29, 0.717) is 17.0 Å². The lowest BCUT2D eigenvalue weighted by atomic mass is 10.0. The molecule has 2 aromatic heterocycles. The number of hydrogen-bond acceptors (Lipinski definition) is 4. The van der Waals surface area contributed by atoms with E-state index in [1.165, 1.54) is 6.07 Å². The van der Waals surface area contributed by atoms with Gasteiger partial charge in [0.2, 0.25) is 5.91 Å². The molecule has 0 saturated carbocycles. The van der Waals surface area contributed by atoms with Crippen LogP contribution in [0, 0.1) is 12.7 Å². The Bertz CT molecular complexity index is 1280. The summed E-state index contributed by atoms with van der Waals surface area (Å²) in [6, 6.07) is 11.8. The van der Waals surface area contributed by atoms with Crippen molar-refractivity contribution in [2.24, 2.45) is 5.73 Å². The van der Waals surface area contributed by atoms with E-state index in [9.17, 15) is 14.0 Å². The number of ether oxygens (including phenoxy) is 1. The summed E-state index contributed by atoms with van der Waals surface area (Å²) < 4.78 is 27.7. The normalized spacial score (nSPS) is 13.9. The third kappa shape index (κ3) is 5.79. The molecule has 9 heteroatoms. The van der Waals surface area contributed by atoms with Crippen LogP contribution in [0.25, 0.3) is 5.52 Å². The van der Waals surface area contributed by atoms with Crippen molar-refractivity contribution >= 4 is 25.6 Å². The van der Waals surface area contributed by atoms with Gasteiger partial charge in [0.05, 0.1) is 12.8 Å². The number of aryl methyl sites for hydroxylation is 1. The molecule has 3 N–H and O–H groups in total. The lowest BCUT2D eigenvalue weighted by Gasteiger charge is -2.39. The average molecular weight is 514 g/mol. The maximum absolute atomic E-state index is 14.0. The molecule has 0 spiro atoms. The fourth-order valence-electron chi connectivity index (χ4n) is 3.45. The van der Waals surface area contributed by atoms with Gasteiger partial charge in [-0.15, -0.1) is 0 Å². The minimum atomic E-state index is -2.19. The summed E-state index contributed by atoms with van der Waals surface area (Å²) in [5.41, 5.74) is 6.58. The molecule has 2 amide bonds. The average Bonchev–Trinajstić information content (AvgIpc) is 3.11. The molecule has 2 heterocycles. The molecule has 1 atom stereocenters. The number of hydrogen-bond donors (Lipinski definition) is 2. The number of amides is 2. The van der Waals surface area contributed by atoms with Gasteiger partial charge < -0.3 is 24.6 Å². The van der Waals surface area contributed by atoms with Crippen molar-refractivity contribution in [3.05, 3.63) is 71.3 Å². The lowest BCUT2D eigenvalue weighted by Crippen LogP contribution is -2.60. The number of carbonyl (C=O) groups is 2. The van der Waals surface area contributed by atoms with Gasteiger partial charge in [-0.25, -0.2) is 4.39 Å². The maximum Gasteiger partial charge on any atom is 0.269 e. The Kier molecular flexibility index (Phi) is 7.66. The number of halogens is 1. The van der Waals surface area contributed by atoms with Gasteiger partial charge >= 0.3 is 0 Å². The Morgan fingerprint density at radius 3 is 2.39 bits per heavy atom. The second kappa shape index (κ2) is 10.1. The van der Waals surface area contributed by atoms with Crippen LogP contribution in [-0.4, -0.2) is 36.7 Å². The fraction of sp³-hybridized carbons (Fsp3) is 0.407. The molecule has 194 valence electrons. The summed E-state index contributed by atoms with van der Waals surface area (Å²) in [5, 5.41) is 2.74. The molecule has 1 aromatic carbocycles. The quantitative estimate of drug-likeness (QED) is 0.395. The lowest BCUT2D eigenvalue weighted by molar-refractivity contribution is -0.124. The highest BCUT2D eigenvalue weighted by Gasteiger charge is 2.42. The topological polar surface area (TPSA) is 95.1 Å². The number of nitrogens with zero attached hydrogens (tertiary/aromatic N) is 1. The van der Waals surface area contributed by atoms with Gasteiger partial charge in [-0.2, -0.15) is 0 Å². The zero-order valence-corrected chi connectivity index (χ0v) is 23.1. The molecule has 0 aliphatic carbocycles. The van der Waals surface area contributed by atoms with E-state index in [-0.39, 0.29) is 24.1 Å². The van der Waals surface area contributed by atoms with Crippen LogP contribution >= 0.6 is 0 Å². The van der Waals surface area contributed by atoms with Crippen molar-refractivity contribution in [2.45, 2.75) is 64.9 Å². The summed E-state index contributed by atoms with van der Waals surface area (Å²) in [6.07, 6.45) is 1.67. The first-order valence-electron chi connectivity index (χ1n) is 11.9. The smallest absolute Gasteiger partial charge is 0.269 e. The number of carbonyl (C=O) groups excluding carboxylic acids is 2. The van der Waals surface area contributed by atoms with Crippen LogP contribution in [0.2, 0.25) is 18.1 Å². The van der Waals surface area contributed by atoms with Crippen molar-refractivity contribution in [3.8, 4) is 5.75 Å². The highest BCUT2D eigenvalue weighted by Crippen LogP contribution is 2.37. The predicted molar refractivity (Wildman–Crippen MR) is 141 cm³/mol. The molecule has 3 rings (SSSR count). The second-order valence-electron chi connectivity index (χ2n) is 10.9. The number of aromatic nitrogens is 1. The van der Waals surface area contributed by atoms with Gasteiger partial charge in [-0.05, 0) is 61.8 Å². The second-order valence-corrected chi connectivity index (χ2v) is 15.7. The Labute approximate surface area is 212 Å².